The van der Waals surface area contributed by atoms with Gasteiger partial charge in [-0.05, 0) is 49.6 Å². The predicted octanol–water partition coefficient (Wildman–Crippen LogP) is 1.82. The maximum absolute atomic E-state index is 13.7. The van der Waals surface area contributed by atoms with E-state index in [-0.39, 0.29) is 34.8 Å². The van der Waals surface area contributed by atoms with Crippen molar-refractivity contribution in [1.29, 1.82) is 0 Å². The number of fused-ring (bicyclic) bond motifs is 1. The molecule has 0 atom stereocenters. The van der Waals surface area contributed by atoms with Crippen molar-refractivity contribution < 1.29 is 17.9 Å². The van der Waals surface area contributed by atoms with Gasteiger partial charge in [0.25, 0.3) is 5.56 Å². The van der Waals surface area contributed by atoms with Crippen LogP contribution in [0, 0.1) is 5.41 Å². The lowest BCUT2D eigenvalue weighted by Gasteiger charge is -2.37. The number of carbonyl (C=O) groups excluding carboxylic acids is 1. The second-order valence-corrected chi connectivity index (χ2v) is 11.8. The molecule has 1 spiro atoms. The summed E-state index contributed by atoms with van der Waals surface area (Å²) in [7, 11) is -2.33. The first-order valence-electron chi connectivity index (χ1n) is 12.5. The molecule has 12 nitrogen and oxygen atoms in total. The summed E-state index contributed by atoms with van der Waals surface area (Å²) in [5.74, 6) is 0.612. The Morgan fingerprint density at radius 1 is 0.974 bits per heavy atom. The fourth-order valence-corrected chi connectivity index (χ4v) is 7.09. The number of amides is 1. The Kier molecular flexibility index (Phi) is 5.92. The van der Waals surface area contributed by atoms with Gasteiger partial charge in [-0.1, -0.05) is 0 Å². The van der Waals surface area contributed by atoms with Crippen molar-refractivity contribution in [2.45, 2.75) is 24.2 Å². The molecule has 2 aliphatic heterocycles. The van der Waals surface area contributed by atoms with Gasteiger partial charge in [-0.15, -0.1) is 0 Å². The van der Waals surface area contributed by atoms with Crippen molar-refractivity contribution in [2.75, 3.05) is 31.6 Å². The smallest absolute Gasteiger partial charge is 0.326 e. The van der Waals surface area contributed by atoms with Crippen LogP contribution in [0.1, 0.15) is 19.3 Å². The molecular formula is C26H26N6O6S. The van der Waals surface area contributed by atoms with Crippen LogP contribution in [0.15, 0.2) is 63.3 Å². The summed E-state index contributed by atoms with van der Waals surface area (Å²) in [4.78, 5) is 43.7. The highest BCUT2D eigenvalue weighted by Crippen LogP contribution is 2.45. The zero-order chi connectivity index (χ0) is 27.4. The van der Waals surface area contributed by atoms with Gasteiger partial charge in [0.15, 0.2) is 0 Å². The quantitative estimate of drug-likeness (QED) is 0.341. The number of benzene rings is 2. The summed E-state index contributed by atoms with van der Waals surface area (Å²) in [5.41, 5.74) is 0.767. The average molecular weight is 551 g/mol. The molecule has 3 N–H and O–H groups in total. The molecule has 1 amide bonds. The number of nitrogens with one attached hydrogen (secondary N) is 3. The van der Waals surface area contributed by atoms with Crippen LogP contribution in [0.5, 0.6) is 5.75 Å². The monoisotopic (exact) mass is 550 g/mol. The van der Waals surface area contributed by atoms with Crippen LogP contribution in [-0.4, -0.2) is 65.5 Å². The molecule has 0 radical (unpaired) electrons. The van der Waals surface area contributed by atoms with E-state index in [0.717, 1.165) is 16.8 Å². The molecule has 2 aliphatic rings. The zero-order valence-electron chi connectivity index (χ0n) is 21.1. The SMILES string of the molecule is COc1cc(N2CCC3(CCN(S(=O)(=O)c4ccc5[nH]c(=O)[nH]c(=O)c5c4)CC3)C2=O)ccc1-c1cn[nH]c1. The van der Waals surface area contributed by atoms with E-state index < -0.39 is 26.7 Å². The van der Waals surface area contributed by atoms with Crippen LogP contribution in [0.25, 0.3) is 22.0 Å². The van der Waals surface area contributed by atoms with Crippen LogP contribution in [0.2, 0.25) is 0 Å². The number of ether oxygens (including phenoxy) is 1. The van der Waals surface area contributed by atoms with Gasteiger partial charge in [-0.2, -0.15) is 9.40 Å². The van der Waals surface area contributed by atoms with Gasteiger partial charge in [-0.3, -0.25) is 19.7 Å². The predicted molar refractivity (Wildman–Crippen MR) is 143 cm³/mol. The summed E-state index contributed by atoms with van der Waals surface area (Å²) in [5, 5.41) is 6.86. The number of hydrogen-bond acceptors (Lipinski definition) is 7. The molecule has 4 heterocycles. The summed E-state index contributed by atoms with van der Waals surface area (Å²) in [6, 6.07) is 9.68. The Morgan fingerprint density at radius 2 is 1.74 bits per heavy atom. The van der Waals surface area contributed by atoms with E-state index in [1.165, 1.54) is 22.5 Å². The third kappa shape index (κ3) is 4.14. The molecule has 4 aromatic rings. The second-order valence-electron chi connectivity index (χ2n) is 9.88. The standard InChI is InChI=1S/C26H26N6O6S/c1-38-22-12-17(2-4-19(22)16-14-27-28-15-16)32-11-8-26(24(32)34)6-9-31(10-7-26)39(36,37)18-3-5-21-20(13-18)23(33)30-25(35)29-21/h2-5,12-15H,6-11H2,1H3,(H,27,28)(H2,29,30,33,35). The topological polar surface area (TPSA) is 161 Å². The fourth-order valence-electron chi connectivity index (χ4n) is 5.62. The molecule has 202 valence electrons. The Bertz CT molecular complexity index is 1800. The van der Waals surface area contributed by atoms with E-state index in [9.17, 15) is 22.8 Å². The van der Waals surface area contributed by atoms with Gasteiger partial charge in [0, 0.05) is 48.7 Å². The van der Waals surface area contributed by atoms with Crippen molar-refractivity contribution in [3.63, 3.8) is 0 Å². The Hall–Kier alpha value is -4.23. The van der Waals surface area contributed by atoms with Crippen LogP contribution in [0.3, 0.4) is 0 Å². The largest absolute Gasteiger partial charge is 0.496 e. The third-order valence-electron chi connectivity index (χ3n) is 7.85. The Morgan fingerprint density at radius 3 is 2.46 bits per heavy atom. The van der Waals surface area contributed by atoms with Crippen LogP contribution in [-0.2, 0) is 14.8 Å². The Balaban J connectivity index is 1.20. The summed E-state index contributed by atoms with van der Waals surface area (Å²) >= 11 is 0. The molecule has 6 rings (SSSR count). The van der Waals surface area contributed by atoms with E-state index in [0.29, 0.717) is 31.6 Å². The van der Waals surface area contributed by atoms with Gasteiger partial charge in [-0.25, -0.2) is 13.2 Å². The highest BCUT2D eigenvalue weighted by atomic mass is 32.2. The number of H-pyrrole nitrogens is 3. The van der Waals surface area contributed by atoms with Gasteiger partial charge in [0.1, 0.15) is 5.75 Å². The lowest BCUT2D eigenvalue weighted by atomic mass is 9.77. The molecule has 0 saturated carbocycles. The maximum atomic E-state index is 13.7. The number of nitrogens with zero attached hydrogens (tertiary/aromatic N) is 3. The minimum absolute atomic E-state index is 0.0149. The van der Waals surface area contributed by atoms with E-state index >= 15 is 0 Å². The van der Waals surface area contributed by atoms with Crippen LogP contribution >= 0.6 is 0 Å². The highest BCUT2D eigenvalue weighted by molar-refractivity contribution is 7.89. The normalized spacial score (nSPS) is 17.8. The van der Waals surface area contributed by atoms with Crippen molar-refractivity contribution in [3.8, 4) is 16.9 Å². The zero-order valence-corrected chi connectivity index (χ0v) is 21.9. The third-order valence-corrected chi connectivity index (χ3v) is 9.74. The van der Waals surface area contributed by atoms with Crippen LogP contribution in [0.4, 0.5) is 5.69 Å². The minimum atomic E-state index is -3.91. The van der Waals surface area contributed by atoms with Gasteiger partial charge < -0.3 is 14.6 Å². The molecular weight excluding hydrogens is 524 g/mol. The van der Waals surface area contributed by atoms with Crippen molar-refractivity contribution in [1.82, 2.24) is 24.5 Å². The molecule has 2 aromatic carbocycles. The maximum Gasteiger partial charge on any atom is 0.326 e. The van der Waals surface area contributed by atoms with Gasteiger partial charge in [0.2, 0.25) is 15.9 Å². The lowest BCUT2D eigenvalue weighted by molar-refractivity contribution is -0.127. The fraction of sp³-hybridized carbons (Fsp3) is 0.308. The average Bonchev–Trinajstić information content (AvgIpc) is 3.57. The van der Waals surface area contributed by atoms with Crippen molar-refractivity contribution in [3.05, 3.63) is 69.6 Å². The van der Waals surface area contributed by atoms with Crippen LogP contribution < -0.4 is 20.9 Å². The number of hydrogen-bond donors (Lipinski definition) is 3. The molecule has 0 unspecified atom stereocenters. The molecule has 0 aliphatic carbocycles. The number of carbonyl (C=O) groups is 1. The first-order chi connectivity index (χ1) is 18.7. The first kappa shape index (κ1) is 25.1. The summed E-state index contributed by atoms with van der Waals surface area (Å²) in [6.45, 7) is 0.904. The number of sulfonamides is 1. The lowest BCUT2D eigenvalue weighted by Crippen LogP contribution is -2.46. The molecule has 2 saturated heterocycles. The minimum Gasteiger partial charge on any atom is -0.496 e. The summed E-state index contributed by atoms with van der Waals surface area (Å²) in [6.07, 6.45) is 4.89. The van der Waals surface area contributed by atoms with E-state index in [2.05, 4.69) is 20.2 Å². The number of methoxy groups -OCH3 is 1. The van der Waals surface area contributed by atoms with Gasteiger partial charge in [0.05, 0.1) is 34.5 Å². The molecule has 39 heavy (non-hydrogen) atoms. The number of anilines is 1. The van der Waals surface area contributed by atoms with E-state index in [4.69, 9.17) is 4.74 Å². The molecule has 2 aromatic heterocycles. The first-order valence-corrected chi connectivity index (χ1v) is 13.9. The number of aromatic nitrogens is 4. The number of rotatable bonds is 5. The van der Waals surface area contributed by atoms with Crippen molar-refractivity contribution >= 4 is 32.5 Å². The van der Waals surface area contributed by atoms with Gasteiger partial charge >= 0.3 is 5.69 Å². The van der Waals surface area contributed by atoms with E-state index in [1.54, 1.807) is 24.4 Å². The molecule has 13 heteroatoms. The molecule has 0 bridgehead atoms. The number of piperidine rings is 1. The van der Waals surface area contributed by atoms with E-state index in [1.807, 2.05) is 18.2 Å². The van der Waals surface area contributed by atoms with Crippen molar-refractivity contribution in [2.24, 2.45) is 5.41 Å². The molecule has 2 fully saturated rings. The Labute approximate surface area is 222 Å². The highest BCUT2D eigenvalue weighted by Gasteiger charge is 2.50. The summed E-state index contributed by atoms with van der Waals surface area (Å²) < 4.78 is 33.8. The second kappa shape index (κ2) is 9.20. The number of aromatic amines is 3.